The second-order valence-electron chi connectivity index (χ2n) is 5.52. The number of thioether (sulfide) groups is 1. The van der Waals surface area contributed by atoms with Crippen LogP contribution in [-0.4, -0.2) is 45.6 Å². The van der Waals surface area contributed by atoms with Crippen LogP contribution >= 0.6 is 11.8 Å². The van der Waals surface area contributed by atoms with Gasteiger partial charge in [0.05, 0.1) is 0 Å². The number of rotatable bonds is 5. The van der Waals surface area contributed by atoms with Crippen molar-refractivity contribution in [1.82, 2.24) is 10.2 Å². The third kappa shape index (κ3) is 3.64. The van der Waals surface area contributed by atoms with Gasteiger partial charge < -0.3 is 10.2 Å². The first-order valence-corrected chi connectivity index (χ1v) is 7.84. The van der Waals surface area contributed by atoms with Gasteiger partial charge >= 0.3 is 5.51 Å². The Morgan fingerprint density at radius 2 is 1.76 bits per heavy atom. The zero-order chi connectivity index (χ0) is 16.5. The van der Waals surface area contributed by atoms with E-state index in [1.807, 2.05) is 0 Å². The molecule has 0 radical (unpaired) electrons. The summed E-state index contributed by atoms with van der Waals surface area (Å²) in [5.74, 6) is -0.916. The molecule has 1 fully saturated rings. The standard InChI is InChI=1S/C13H21F3N2O2S/c1-5-11(3)10(20)18(7-8-21-13(14,15)16)12(4,6-2)9(19)17-11/h5-8H2,1-4H3,(H,17,19). The molecule has 21 heavy (non-hydrogen) atoms. The molecule has 1 heterocycles. The lowest BCUT2D eigenvalue weighted by Crippen LogP contribution is -2.74. The molecule has 1 aliphatic heterocycles. The zero-order valence-electron chi connectivity index (χ0n) is 12.6. The van der Waals surface area contributed by atoms with Crippen molar-refractivity contribution in [2.75, 3.05) is 12.3 Å². The van der Waals surface area contributed by atoms with Crippen LogP contribution in [0.25, 0.3) is 0 Å². The van der Waals surface area contributed by atoms with E-state index in [-0.39, 0.29) is 35.9 Å². The quantitative estimate of drug-likeness (QED) is 0.845. The van der Waals surface area contributed by atoms with Gasteiger partial charge in [-0.05, 0) is 38.5 Å². The fraction of sp³-hybridized carbons (Fsp3) is 0.846. The van der Waals surface area contributed by atoms with Gasteiger partial charge in [-0.1, -0.05) is 13.8 Å². The summed E-state index contributed by atoms with van der Waals surface area (Å²) in [5.41, 5.74) is -6.48. The molecule has 2 atom stereocenters. The second-order valence-corrected chi connectivity index (χ2v) is 6.68. The fourth-order valence-corrected chi connectivity index (χ4v) is 2.78. The van der Waals surface area contributed by atoms with Crippen molar-refractivity contribution in [3.05, 3.63) is 0 Å². The van der Waals surface area contributed by atoms with Crippen LogP contribution in [0, 0.1) is 0 Å². The van der Waals surface area contributed by atoms with Crippen molar-refractivity contribution < 1.29 is 22.8 Å². The molecule has 0 saturated carbocycles. The number of amides is 2. The lowest BCUT2D eigenvalue weighted by atomic mass is 9.84. The molecule has 122 valence electrons. The molecule has 0 aromatic rings. The molecule has 0 aliphatic carbocycles. The first kappa shape index (κ1) is 18.1. The minimum Gasteiger partial charge on any atom is -0.340 e. The Labute approximate surface area is 126 Å². The minimum atomic E-state index is -4.34. The van der Waals surface area contributed by atoms with Crippen LogP contribution < -0.4 is 5.32 Å². The van der Waals surface area contributed by atoms with Gasteiger partial charge in [0.15, 0.2) is 0 Å². The van der Waals surface area contributed by atoms with E-state index in [1.54, 1.807) is 27.7 Å². The molecule has 1 N–H and O–H groups in total. The summed E-state index contributed by atoms with van der Waals surface area (Å²) in [6.45, 7) is 6.59. The molecule has 8 heteroatoms. The smallest absolute Gasteiger partial charge is 0.340 e. The summed E-state index contributed by atoms with van der Waals surface area (Å²) >= 11 is -0.176. The summed E-state index contributed by atoms with van der Waals surface area (Å²) in [6.07, 6.45) is 0.737. The van der Waals surface area contributed by atoms with Crippen molar-refractivity contribution in [1.29, 1.82) is 0 Å². The van der Waals surface area contributed by atoms with Crippen molar-refractivity contribution in [3.8, 4) is 0 Å². The summed E-state index contributed by atoms with van der Waals surface area (Å²) in [6, 6.07) is 0. The highest BCUT2D eigenvalue weighted by Crippen LogP contribution is 2.33. The fourth-order valence-electron chi connectivity index (χ4n) is 2.28. The van der Waals surface area contributed by atoms with E-state index in [1.165, 1.54) is 4.90 Å². The Morgan fingerprint density at radius 3 is 2.19 bits per heavy atom. The first-order valence-electron chi connectivity index (χ1n) is 6.85. The lowest BCUT2D eigenvalue weighted by Gasteiger charge is -2.49. The van der Waals surface area contributed by atoms with Gasteiger partial charge in [-0.2, -0.15) is 13.2 Å². The number of hydrogen-bond acceptors (Lipinski definition) is 3. The van der Waals surface area contributed by atoms with Crippen LogP contribution in [0.1, 0.15) is 40.5 Å². The van der Waals surface area contributed by atoms with Crippen molar-refractivity contribution in [2.24, 2.45) is 0 Å². The molecule has 0 aromatic carbocycles. The molecule has 0 spiro atoms. The predicted molar refractivity (Wildman–Crippen MR) is 75.8 cm³/mol. The van der Waals surface area contributed by atoms with E-state index in [9.17, 15) is 22.8 Å². The number of nitrogens with zero attached hydrogens (tertiary/aromatic N) is 1. The van der Waals surface area contributed by atoms with Gasteiger partial charge in [-0.3, -0.25) is 9.59 Å². The zero-order valence-corrected chi connectivity index (χ0v) is 13.5. The maximum atomic E-state index is 12.6. The monoisotopic (exact) mass is 326 g/mol. The summed E-state index contributed by atoms with van der Waals surface area (Å²) < 4.78 is 36.8. The van der Waals surface area contributed by atoms with Crippen LogP contribution in [-0.2, 0) is 9.59 Å². The normalized spacial score (nSPS) is 30.5. The number of alkyl halides is 3. The van der Waals surface area contributed by atoms with Crippen LogP contribution in [0.4, 0.5) is 13.2 Å². The molecule has 0 aromatic heterocycles. The predicted octanol–water partition coefficient (Wildman–Crippen LogP) is 2.54. The summed E-state index contributed by atoms with van der Waals surface area (Å²) in [7, 11) is 0. The number of carbonyl (C=O) groups is 2. The second kappa shape index (κ2) is 6.06. The van der Waals surface area contributed by atoms with Gasteiger partial charge in [0.25, 0.3) is 0 Å². The van der Waals surface area contributed by atoms with E-state index in [0.29, 0.717) is 12.8 Å². The molecule has 2 unspecified atom stereocenters. The van der Waals surface area contributed by atoms with Crippen molar-refractivity contribution in [2.45, 2.75) is 57.1 Å². The minimum absolute atomic E-state index is 0.101. The number of piperazine rings is 1. The van der Waals surface area contributed by atoms with Crippen LogP contribution in [0.3, 0.4) is 0 Å². The third-order valence-corrected chi connectivity index (χ3v) is 4.88. The van der Waals surface area contributed by atoms with E-state index in [0.717, 1.165) is 0 Å². The highest BCUT2D eigenvalue weighted by molar-refractivity contribution is 8.00. The molecule has 1 saturated heterocycles. The van der Waals surface area contributed by atoms with Crippen molar-refractivity contribution in [3.63, 3.8) is 0 Å². The topological polar surface area (TPSA) is 49.4 Å². The molecular weight excluding hydrogens is 305 g/mol. The molecule has 2 amide bonds. The lowest BCUT2D eigenvalue weighted by molar-refractivity contribution is -0.161. The van der Waals surface area contributed by atoms with Gasteiger partial charge in [0.2, 0.25) is 11.8 Å². The average Bonchev–Trinajstić information content (AvgIpc) is 2.39. The van der Waals surface area contributed by atoms with E-state index in [2.05, 4.69) is 5.32 Å². The van der Waals surface area contributed by atoms with Gasteiger partial charge in [0, 0.05) is 12.3 Å². The number of nitrogens with one attached hydrogen (secondary N) is 1. The Balaban J connectivity index is 2.97. The number of carbonyl (C=O) groups excluding carboxylic acids is 2. The van der Waals surface area contributed by atoms with Crippen LogP contribution in [0.15, 0.2) is 0 Å². The maximum Gasteiger partial charge on any atom is 0.441 e. The largest absolute Gasteiger partial charge is 0.441 e. The Hall–Kier alpha value is -0.920. The van der Waals surface area contributed by atoms with Gasteiger partial charge in [-0.25, -0.2) is 0 Å². The molecular formula is C13H21F3N2O2S. The van der Waals surface area contributed by atoms with E-state index in [4.69, 9.17) is 0 Å². The maximum absolute atomic E-state index is 12.6. The molecule has 1 rings (SSSR count). The first-order chi connectivity index (χ1) is 9.50. The molecule has 4 nitrogen and oxygen atoms in total. The number of hydrogen-bond donors (Lipinski definition) is 1. The van der Waals surface area contributed by atoms with Gasteiger partial charge in [0.1, 0.15) is 11.1 Å². The number of halogens is 3. The van der Waals surface area contributed by atoms with Crippen LogP contribution in [0.5, 0.6) is 0 Å². The van der Waals surface area contributed by atoms with Crippen molar-refractivity contribution >= 4 is 23.6 Å². The Kier molecular flexibility index (Phi) is 5.23. The van der Waals surface area contributed by atoms with E-state index >= 15 is 0 Å². The SMILES string of the molecule is CCC1(C)NC(=O)C(C)(CC)N(CCSC(F)(F)F)C1=O. The van der Waals surface area contributed by atoms with Gasteiger partial charge in [-0.15, -0.1) is 0 Å². The molecule has 0 bridgehead atoms. The Morgan fingerprint density at radius 1 is 1.19 bits per heavy atom. The Bertz CT molecular complexity index is 430. The third-order valence-electron chi connectivity index (χ3n) is 4.17. The highest BCUT2D eigenvalue weighted by atomic mass is 32.2. The molecule has 1 aliphatic rings. The van der Waals surface area contributed by atoms with E-state index < -0.39 is 16.6 Å². The average molecular weight is 326 g/mol. The summed E-state index contributed by atoms with van der Waals surface area (Å²) in [5, 5.41) is 2.71. The highest BCUT2D eigenvalue weighted by Gasteiger charge is 2.52. The summed E-state index contributed by atoms with van der Waals surface area (Å²) in [4.78, 5) is 26.2. The van der Waals surface area contributed by atoms with Crippen LogP contribution in [0.2, 0.25) is 0 Å².